The molecular weight excluding hydrogens is 939 g/mol. The molecule has 3 nitrogen and oxygen atoms in total. The van der Waals surface area contributed by atoms with E-state index in [1.54, 1.807) is 16.4 Å². The largest absolute Gasteiger partial charge is 0.310 e. The minimum Gasteiger partial charge on any atom is -0.310 e. The fourth-order valence-electron chi connectivity index (χ4n) is 18.3. The molecule has 0 bridgehead atoms. The molecule has 17 aromatic rings. The molecule has 12 aromatic carbocycles. The smallest absolute Gasteiger partial charge is 0.249 e. The summed E-state index contributed by atoms with van der Waals surface area (Å²) in [6, 6.07) is 77.7. The van der Waals surface area contributed by atoms with Crippen molar-refractivity contribution < 1.29 is 0 Å². The monoisotopic (exact) mass is 973 g/mol. The molecule has 0 amide bonds. The van der Waals surface area contributed by atoms with Crippen molar-refractivity contribution in [2.45, 2.75) is 0 Å². The molecule has 8 aliphatic rings. The summed E-state index contributed by atoms with van der Waals surface area (Å²) in [5.41, 5.74) is 40.7. The van der Waals surface area contributed by atoms with Crippen LogP contribution in [0.4, 0.5) is 0 Å². The molecule has 0 fully saturated rings. The van der Waals surface area contributed by atoms with E-state index < -0.39 is 0 Å². The first-order valence-electron chi connectivity index (χ1n) is 27.9. The third kappa shape index (κ3) is 3.69. The van der Waals surface area contributed by atoms with Gasteiger partial charge in [0, 0.05) is 70.6 Å². The zero-order chi connectivity index (χ0) is 49.4. The molecule has 8 aliphatic heterocycles. The van der Waals surface area contributed by atoms with E-state index in [0.29, 0.717) is 20.1 Å². The summed E-state index contributed by atoms with van der Waals surface area (Å²) in [4.78, 5) is 0. The number of benzene rings is 12. The van der Waals surface area contributed by atoms with Gasteiger partial charge in [0.05, 0.1) is 33.1 Å². The van der Waals surface area contributed by atoms with Crippen molar-refractivity contribution >= 4 is 167 Å². The first-order valence-corrected chi connectivity index (χ1v) is 27.9. The molecule has 0 spiro atoms. The Hall–Kier alpha value is -9.77. The summed E-state index contributed by atoms with van der Waals surface area (Å²) in [5.74, 6) is 0. The van der Waals surface area contributed by atoms with Gasteiger partial charge in [0.15, 0.2) is 0 Å². The number of hydrogen-bond acceptors (Lipinski definition) is 0. The van der Waals surface area contributed by atoms with Gasteiger partial charge in [-0.25, -0.2) is 0 Å². The van der Waals surface area contributed by atoms with Crippen molar-refractivity contribution in [2.75, 3.05) is 0 Å². The summed E-state index contributed by atoms with van der Waals surface area (Å²) in [6.45, 7) is 1.23. The third-order valence-electron chi connectivity index (χ3n) is 20.8. The number of nitrogens with zero attached hydrogens (tertiary/aromatic N) is 3. The van der Waals surface area contributed by atoms with E-state index in [9.17, 15) is 0 Å². The third-order valence-corrected chi connectivity index (χ3v) is 20.8. The molecule has 78 heavy (non-hydrogen) atoms. The quantitative estimate of drug-likeness (QED) is 0.134. The van der Waals surface area contributed by atoms with E-state index in [1.165, 1.54) is 192 Å². The van der Waals surface area contributed by atoms with Gasteiger partial charge in [-0.15, -0.1) is 0 Å². The molecule has 0 N–H and O–H groups in total. The van der Waals surface area contributed by atoms with Crippen LogP contribution in [-0.2, 0) is 0 Å². The zero-order valence-electron chi connectivity index (χ0n) is 41.7. The Bertz CT molecular complexity index is 5740. The molecule has 0 saturated heterocycles. The Morgan fingerprint density at radius 1 is 0.205 bits per heavy atom. The minimum atomic E-state index is 0.366. The van der Waals surface area contributed by atoms with Crippen LogP contribution in [0.2, 0.25) is 0 Å². The summed E-state index contributed by atoms with van der Waals surface area (Å²) in [6.07, 6.45) is 0. The Morgan fingerprint density at radius 3 is 1.17 bits per heavy atom. The number of rotatable bonds is 0. The second-order valence-corrected chi connectivity index (χ2v) is 23.5. The zero-order valence-corrected chi connectivity index (χ0v) is 41.7. The standard InChI is InChI=1S/C24H10BN.2C24H12BN/c1-3-11-13-7-9-17-15-5-2-6-16-18-10-8-14-12(4-1)19(11)25-20(13)23(17)26(22(15)16)24(18)21(14)25;1-2-9-19-13(5-1)14-11-12-18-16-7-3-6-15-17-8-4-10-20-23(17)26(22(15)16)24(18)21(14)25(19)20;1-2-9-19-13(5-1)18-12-11-17-15-7-3-6-14-16-8-4-10-20-22(16)25(21(14)15)23(17)24(18)26(19)20/h1-10H;2*1-12H. The highest BCUT2D eigenvalue weighted by molar-refractivity contribution is 7.06. The number of hydrogen-bond donors (Lipinski definition) is 0. The van der Waals surface area contributed by atoms with Crippen molar-refractivity contribution in [3.63, 3.8) is 0 Å². The van der Waals surface area contributed by atoms with E-state index in [0.717, 1.165) is 0 Å². The van der Waals surface area contributed by atoms with Gasteiger partial charge < -0.3 is 13.4 Å². The molecule has 0 radical (unpaired) electrons. The van der Waals surface area contributed by atoms with Gasteiger partial charge in [-0.05, 0) is 101 Å². The average Bonchev–Trinajstić information content (AvgIpc) is 3.35. The van der Waals surface area contributed by atoms with Crippen LogP contribution in [-0.4, -0.2) is 33.5 Å². The van der Waals surface area contributed by atoms with Gasteiger partial charge in [0.2, 0.25) is 20.1 Å². The number of aromatic nitrogens is 3. The van der Waals surface area contributed by atoms with Gasteiger partial charge in [0.1, 0.15) is 0 Å². The van der Waals surface area contributed by atoms with Gasteiger partial charge in [-0.2, -0.15) is 0 Å². The fraction of sp³-hybridized carbons (Fsp3) is 0. The lowest BCUT2D eigenvalue weighted by atomic mass is 9.38. The van der Waals surface area contributed by atoms with Gasteiger partial charge in [-0.1, -0.05) is 211 Å². The van der Waals surface area contributed by atoms with Crippen molar-refractivity contribution in [3.05, 3.63) is 206 Å². The minimum absolute atomic E-state index is 0.366. The van der Waals surface area contributed by atoms with E-state index in [4.69, 9.17) is 0 Å². The summed E-state index contributed by atoms with van der Waals surface area (Å²) in [7, 11) is 0. The average molecular weight is 974 g/mol. The Balaban J connectivity index is 0.0000000801. The fourth-order valence-corrected chi connectivity index (χ4v) is 18.3. The maximum Gasteiger partial charge on any atom is 0.249 e. The number of para-hydroxylation sites is 4. The molecule has 0 aliphatic carbocycles. The van der Waals surface area contributed by atoms with Crippen LogP contribution < -0.4 is 49.2 Å². The molecule has 6 heteroatoms. The van der Waals surface area contributed by atoms with Crippen LogP contribution >= 0.6 is 0 Å². The molecular formula is C72H34B3N3. The second kappa shape index (κ2) is 12.1. The van der Waals surface area contributed by atoms with E-state index in [-0.39, 0.29) is 0 Å². The van der Waals surface area contributed by atoms with E-state index >= 15 is 0 Å². The van der Waals surface area contributed by atoms with Crippen LogP contribution in [0.25, 0.3) is 159 Å². The van der Waals surface area contributed by atoms with Crippen molar-refractivity contribution in [1.82, 2.24) is 13.4 Å². The molecule has 0 saturated carbocycles. The molecule has 25 rings (SSSR count). The van der Waals surface area contributed by atoms with Crippen LogP contribution in [0.5, 0.6) is 0 Å². The van der Waals surface area contributed by atoms with Crippen LogP contribution in [0.15, 0.2) is 206 Å². The summed E-state index contributed by atoms with van der Waals surface area (Å²) >= 11 is 0. The second-order valence-electron chi connectivity index (χ2n) is 23.5. The molecule has 346 valence electrons. The highest BCUT2D eigenvalue weighted by atomic mass is 15.0. The maximum atomic E-state index is 2.60. The lowest BCUT2D eigenvalue weighted by Gasteiger charge is -2.23. The van der Waals surface area contributed by atoms with E-state index in [1.807, 2.05) is 0 Å². The number of fused-ring (bicyclic) bond motifs is 16. The molecule has 0 unspecified atom stereocenters. The topological polar surface area (TPSA) is 13.8 Å². The predicted octanol–water partition coefficient (Wildman–Crippen LogP) is 10.8. The Labute approximate surface area is 445 Å². The summed E-state index contributed by atoms with van der Waals surface area (Å²) in [5, 5.41) is 14.0. The lowest BCUT2D eigenvalue weighted by molar-refractivity contribution is 1.19. The van der Waals surface area contributed by atoms with Crippen LogP contribution in [0.1, 0.15) is 0 Å². The predicted molar refractivity (Wildman–Crippen MR) is 331 cm³/mol. The highest BCUT2D eigenvalue weighted by Gasteiger charge is 2.49. The first-order chi connectivity index (χ1) is 38.8. The van der Waals surface area contributed by atoms with Crippen molar-refractivity contribution in [3.8, 4) is 61.3 Å². The molecule has 13 heterocycles. The van der Waals surface area contributed by atoms with Crippen molar-refractivity contribution in [2.24, 2.45) is 0 Å². The lowest BCUT2D eigenvalue weighted by Crippen LogP contribution is -2.51. The van der Waals surface area contributed by atoms with Crippen LogP contribution in [0.3, 0.4) is 0 Å². The Morgan fingerprint density at radius 2 is 0.564 bits per heavy atom. The van der Waals surface area contributed by atoms with E-state index in [2.05, 4.69) is 220 Å². The SMILES string of the molecule is c1cc2c3c(c1)-c1ccc4c5cccc6c7ccc-2c2c7n(c4c1B32)c65.c1cc2c3c(c1)-c1ccc4c5ccccc5n5c4c1B3c1c-2cccc1-5.c1ccc2c(c1)B1c3cccc4c5cccc6c7ccc-2c1c7n(c34)c56. The van der Waals surface area contributed by atoms with Crippen LogP contribution in [0, 0.1) is 0 Å². The van der Waals surface area contributed by atoms with Gasteiger partial charge >= 0.3 is 0 Å². The molecule has 5 aromatic heterocycles. The normalized spacial score (nSPS) is 14.3. The maximum absolute atomic E-state index is 2.60. The van der Waals surface area contributed by atoms with Gasteiger partial charge in [-0.3, -0.25) is 0 Å². The first kappa shape index (κ1) is 37.9. The summed E-state index contributed by atoms with van der Waals surface area (Å²) < 4.78 is 7.68. The highest BCUT2D eigenvalue weighted by Crippen LogP contribution is 2.48. The van der Waals surface area contributed by atoms with Gasteiger partial charge in [0.25, 0.3) is 0 Å². The Kier molecular flexibility index (Phi) is 5.87. The molecule has 0 atom stereocenters. The van der Waals surface area contributed by atoms with Crippen molar-refractivity contribution in [1.29, 1.82) is 0 Å².